The number of pyridine rings is 1. The van der Waals surface area contributed by atoms with Crippen LogP contribution in [-0.4, -0.2) is 62.4 Å². The third kappa shape index (κ3) is 5.90. The standard InChI is InChI=1S/C20H20FN3O7S/c1-10(25)28-16-8-32-20(19(30-12(3)27)18(16)29-11(2)26)31-14-4-15(21)17(24-7-14)13-5-22-9-23-6-13/h4-7,9,16,18-20H,8H2,1-3H3/t16-,18+,19-,20-/m1/s1. The molecule has 1 saturated heterocycles. The van der Waals surface area contributed by atoms with Crippen LogP contribution in [0.15, 0.2) is 31.0 Å². The largest absolute Gasteiger partial charge is 0.474 e. The molecule has 1 aliphatic heterocycles. The molecule has 0 amide bonds. The summed E-state index contributed by atoms with van der Waals surface area (Å²) in [4.78, 5) is 46.5. The summed E-state index contributed by atoms with van der Waals surface area (Å²) < 4.78 is 36.3. The first-order valence-corrected chi connectivity index (χ1v) is 10.5. The van der Waals surface area contributed by atoms with Crippen molar-refractivity contribution in [2.75, 3.05) is 5.75 Å². The van der Waals surface area contributed by atoms with Crippen LogP contribution < -0.4 is 4.74 Å². The molecule has 3 rings (SSSR count). The second-order valence-corrected chi connectivity index (χ2v) is 7.88. The first kappa shape index (κ1) is 23.4. The number of aromatic nitrogens is 3. The molecule has 10 nitrogen and oxygen atoms in total. The fourth-order valence-corrected chi connectivity index (χ4v) is 4.28. The van der Waals surface area contributed by atoms with E-state index in [1.165, 1.54) is 45.7 Å². The lowest BCUT2D eigenvalue weighted by atomic mass is 10.1. The number of hydrogen-bond donors (Lipinski definition) is 0. The van der Waals surface area contributed by atoms with Gasteiger partial charge in [0.25, 0.3) is 0 Å². The van der Waals surface area contributed by atoms with E-state index in [1.54, 1.807) is 0 Å². The van der Waals surface area contributed by atoms with Crippen LogP contribution in [-0.2, 0) is 28.6 Å². The molecule has 3 heterocycles. The maximum atomic E-state index is 14.6. The molecule has 0 N–H and O–H groups in total. The van der Waals surface area contributed by atoms with Crippen LogP contribution >= 0.6 is 11.8 Å². The summed E-state index contributed by atoms with van der Waals surface area (Å²) in [5.74, 6) is -2.32. The molecule has 1 aliphatic rings. The summed E-state index contributed by atoms with van der Waals surface area (Å²) in [5, 5.41) is 0. The van der Waals surface area contributed by atoms with E-state index in [0.717, 1.165) is 17.8 Å². The van der Waals surface area contributed by atoms with Crippen LogP contribution in [0.2, 0.25) is 0 Å². The lowest BCUT2D eigenvalue weighted by molar-refractivity contribution is -0.186. The Bertz CT molecular complexity index is 994. The normalized spacial score (nSPS) is 22.5. The Balaban J connectivity index is 1.85. The molecule has 2 aromatic heterocycles. The Kier molecular flexibility index (Phi) is 7.57. The van der Waals surface area contributed by atoms with Crippen LogP contribution in [0.5, 0.6) is 5.75 Å². The second kappa shape index (κ2) is 10.4. The quantitative estimate of drug-likeness (QED) is 0.459. The van der Waals surface area contributed by atoms with E-state index in [4.69, 9.17) is 18.9 Å². The van der Waals surface area contributed by atoms with Gasteiger partial charge in [0.2, 0.25) is 0 Å². The van der Waals surface area contributed by atoms with Crippen LogP contribution in [0.25, 0.3) is 11.3 Å². The minimum Gasteiger partial charge on any atom is -0.474 e. The van der Waals surface area contributed by atoms with E-state index >= 15 is 0 Å². The first-order chi connectivity index (χ1) is 15.2. The number of carbonyl (C=O) groups is 3. The maximum absolute atomic E-state index is 14.6. The highest BCUT2D eigenvalue weighted by atomic mass is 32.2. The molecule has 32 heavy (non-hydrogen) atoms. The number of nitrogens with zero attached hydrogens (tertiary/aromatic N) is 3. The van der Waals surface area contributed by atoms with Crippen molar-refractivity contribution in [2.45, 2.75) is 44.5 Å². The van der Waals surface area contributed by atoms with Gasteiger partial charge in [-0.05, 0) is 0 Å². The van der Waals surface area contributed by atoms with Crippen molar-refractivity contribution in [3.05, 3.63) is 36.8 Å². The summed E-state index contributed by atoms with van der Waals surface area (Å²) in [5.41, 5.74) is -0.457. The van der Waals surface area contributed by atoms with E-state index in [0.29, 0.717) is 5.56 Å². The predicted molar refractivity (Wildman–Crippen MR) is 109 cm³/mol. The average molecular weight is 465 g/mol. The minimum atomic E-state index is -1.12. The zero-order valence-corrected chi connectivity index (χ0v) is 18.2. The molecule has 0 saturated carbocycles. The fourth-order valence-electron chi connectivity index (χ4n) is 3.06. The van der Waals surface area contributed by atoms with Gasteiger partial charge >= 0.3 is 17.9 Å². The topological polar surface area (TPSA) is 127 Å². The van der Waals surface area contributed by atoms with Gasteiger partial charge < -0.3 is 18.9 Å². The van der Waals surface area contributed by atoms with Crippen molar-refractivity contribution < 1.29 is 37.7 Å². The number of hydrogen-bond acceptors (Lipinski definition) is 11. The summed E-state index contributed by atoms with van der Waals surface area (Å²) in [7, 11) is 0. The summed E-state index contributed by atoms with van der Waals surface area (Å²) >= 11 is 1.16. The maximum Gasteiger partial charge on any atom is 0.303 e. The Morgan fingerprint density at radius 2 is 1.59 bits per heavy atom. The van der Waals surface area contributed by atoms with Gasteiger partial charge in [-0.2, -0.15) is 0 Å². The van der Waals surface area contributed by atoms with Gasteiger partial charge in [-0.3, -0.25) is 14.4 Å². The minimum absolute atomic E-state index is 0.0403. The number of thioether (sulfide) groups is 1. The van der Waals surface area contributed by atoms with Crippen molar-refractivity contribution >= 4 is 29.7 Å². The lowest BCUT2D eigenvalue weighted by Crippen LogP contribution is -2.55. The predicted octanol–water partition coefficient (Wildman–Crippen LogP) is 1.92. The van der Waals surface area contributed by atoms with Crippen molar-refractivity contribution in [3.8, 4) is 17.0 Å². The van der Waals surface area contributed by atoms with E-state index in [2.05, 4.69) is 15.0 Å². The van der Waals surface area contributed by atoms with E-state index in [9.17, 15) is 18.8 Å². The summed E-state index contributed by atoms with van der Waals surface area (Å²) in [6, 6.07) is 1.12. The molecule has 2 aromatic rings. The summed E-state index contributed by atoms with van der Waals surface area (Å²) in [6.07, 6.45) is 2.37. The van der Waals surface area contributed by atoms with Crippen molar-refractivity contribution in [3.63, 3.8) is 0 Å². The van der Waals surface area contributed by atoms with Crippen LogP contribution in [0, 0.1) is 5.82 Å². The fraction of sp³-hybridized carbons (Fsp3) is 0.400. The van der Waals surface area contributed by atoms with Crippen molar-refractivity contribution in [1.82, 2.24) is 15.0 Å². The first-order valence-electron chi connectivity index (χ1n) is 9.45. The van der Waals surface area contributed by atoms with Crippen LogP contribution in [0.1, 0.15) is 20.8 Å². The monoisotopic (exact) mass is 465 g/mol. The Morgan fingerprint density at radius 3 is 2.19 bits per heavy atom. The van der Waals surface area contributed by atoms with E-state index < -0.39 is 47.5 Å². The number of esters is 3. The Morgan fingerprint density at radius 1 is 0.969 bits per heavy atom. The van der Waals surface area contributed by atoms with Gasteiger partial charge in [0, 0.05) is 50.5 Å². The van der Waals surface area contributed by atoms with Gasteiger partial charge in [0.1, 0.15) is 17.8 Å². The molecule has 0 bridgehead atoms. The van der Waals surface area contributed by atoms with Crippen molar-refractivity contribution in [2.24, 2.45) is 0 Å². The molecule has 4 atom stereocenters. The molecular formula is C20H20FN3O7S. The van der Waals surface area contributed by atoms with E-state index in [-0.39, 0.29) is 17.2 Å². The zero-order chi connectivity index (χ0) is 23.3. The summed E-state index contributed by atoms with van der Waals surface area (Å²) in [6.45, 7) is 3.57. The molecule has 1 fully saturated rings. The van der Waals surface area contributed by atoms with Gasteiger partial charge in [-0.25, -0.2) is 19.3 Å². The van der Waals surface area contributed by atoms with Crippen LogP contribution in [0.3, 0.4) is 0 Å². The van der Waals surface area contributed by atoms with Gasteiger partial charge in [0.05, 0.1) is 6.20 Å². The number of carbonyl (C=O) groups excluding carboxylic acids is 3. The molecule has 0 aromatic carbocycles. The van der Waals surface area contributed by atoms with Gasteiger partial charge in [-0.1, -0.05) is 0 Å². The second-order valence-electron chi connectivity index (χ2n) is 6.74. The molecule has 0 radical (unpaired) electrons. The van der Waals surface area contributed by atoms with Gasteiger partial charge in [-0.15, -0.1) is 11.8 Å². The third-order valence-electron chi connectivity index (χ3n) is 4.21. The molecule has 0 aliphatic carbocycles. The molecule has 0 unspecified atom stereocenters. The number of rotatable bonds is 6. The molecule has 170 valence electrons. The zero-order valence-electron chi connectivity index (χ0n) is 17.4. The SMILES string of the molecule is CC(=O)O[C@@H]1[C@@H](OC(C)=O)[C@H](OC(C)=O)CS[C@H]1Oc1cnc(-c2cncnc2)c(F)c1. The highest BCUT2D eigenvalue weighted by molar-refractivity contribution is 7.99. The Hall–Kier alpha value is -3.28. The third-order valence-corrected chi connectivity index (χ3v) is 5.42. The molecule has 12 heteroatoms. The highest BCUT2D eigenvalue weighted by Gasteiger charge is 2.47. The number of halogens is 1. The number of ether oxygens (including phenoxy) is 4. The highest BCUT2D eigenvalue weighted by Crippen LogP contribution is 2.34. The Labute approximate surface area is 186 Å². The van der Waals surface area contributed by atoms with Crippen LogP contribution in [0.4, 0.5) is 4.39 Å². The smallest absolute Gasteiger partial charge is 0.303 e. The lowest BCUT2D eigenvalue weighted by Gasteiger charge is -2.39. The average Bonchev–Trinajstić information content (AvgIpc) is 2.72. The van der Waals surface area contributed by atoms with Crippen molar-refractivity contribution in [1.29, 1.82) is 0 Å². The molecule has 0 spiro atoms. The molecular weight excluding hydrogens is 445 g/mol. The van der Waals surface area contributed by atoms with E-state index in [1.807, 2.05) is 0 Å². The van der Waals surface area contributed by atoms with Gasteiger partial charge in [0.15, 0.2) is 29.6 Å².